The fourth-order valence-corrected chi connectivity index (χ4v) is 5.80. The van der Waals surface area contributed by atoms with E-state index in [-0.39, 0.29) is 18.0 Å². The van der Waals surface area contributed by atoms with Crippen LogP contribution in [-0.4, -0.2) is 95.7 Å². The van der Waals surface area contributed by atoms with E-state index in [0.717, 1.165) is 43.7 Å². The molecule has 0 aliphatic carbocycles. The Balaban J connectivity index is 1.07. The van der Waals surface area contributed by atoms with Crippen molar-refractivity contribution < 1.29 is 4.79 Å². The molecule has 1 amide bonds. The molecule has 2 aliphatic rings. The van der Waals surface area contributed by atoms with Crippen molar-refractivity contribution in [2.45, 2.75) is 44.7 Å². The van der Waals surface area contributed by atoms with Crippen LogP contribution in [0.4, 0.5) is 17.3 Å². The van der Waals surface area contributed by atoms with Crippen LogP contribution in [0.1, 0.15) is 31.7 Å². The molecule has 1 N–H and O–H groups in total. The number of carbonyl (C=O) groups excluding carboxylic acids is 1. The number of piperazine rings is 1. The third-order valence-electron chi connectivity index (χ3n) is 8.27. The smallest absolute Gasteiger partial charge is 0.247 e. The lowest BCUT2D eigenvalue weighted by molar-refractivity contribution is -0.133. The summed E-state index contributed by atoms with van der Waals surface area (Å²) in [6.45, 7) is 7.47. The molecule has 0 aromatic carbocycles. The summed E-state index contributed by atoms with van der Waals surface area (Å²) in [7, 11) is 0. The van der Waals surface area contributed by atoms with E-state index in [1.165, 1.54) is 0 Å². The highest BCUT2D eigenvalue weighted by Gasteiger charge is 2.46. The molecule has 222 valence electrons. The van der Waals surface area contributed by atoms with Crippen LogP contribution in [0, 0.1) is 22.7 Å². The van der Waals surface area contributed by atoms with E-state index in [0.29, 0.717) is 56.3 Å². The van der Waals surface area contributed by atoms with Crippen LogP contribution in [0.25, 0.3) is 5.65 Å². The Morgan fingerprint density at radius 2 is 1.93 bits per heavy atom. The van der Waals surface area contributed by atoms with Crippen LogP contribution >= 0.6 is 0 Å². The maximum Gasteiger partial charge on any atom is 0.247 e. The summed E-state index contributed by atoms with van der Waals surface area (Å²) in [5.41, 5.74) is 3.12. The highest BCUT2D eigenvalue weighted by atomic mass is 16.2. The van der Waals surface area contributed by atoms with Gasteiger partial charge in [0.15, 0.2) is 5.65 Å². The third-order valence-corrected chi connectivity index (χ3v) is 8.27. The largest absolute Gasteiger partial charge is 0.363 e. The minimum absolute atomic E-state index is 0.0323. The second-order valence-corrected chi connectivity index (χ2v) is 11.2. The molecule has 14 heteroatoms. The van der Waals surface area contributed by atoms with Crippen molar-refractivity contribution in [3.8, 4) is 12.1 Å². The Morgan fingerprint density at radius 3 is 2.67 bits per heavy atom. The second-order valence-electron chi connectivity index (χ2n) is 11.2. The number of fused-ring (bicyclic) bond motifs is 1. The molecule has 6 heterocycles. The van der Waals surface area contributed by atoms with Crippen LogP contribution in [0.2, 0.25) is 0 Å². The summed E-state index contributed by atoms with van der Waals surface area (Å²) in [5, 5.41) is 35.0. The van der Waals surface area contributed by atoms with Gasteiger partial charge in [-0.25, -0.2) is 4.52 Å². The standard InChI is InChI=1S/C29H35N13O/c1-2-23-16-33-42(18-23)29(7-9-31)21-39(22-29)25-6-5-11-41-27(25)35-28(36-41)34-24-17-32-40(19-24)20-26(43)38-14-12-37(13-15-38)10-4-3-8-30/h5-6,11,16-19H,2-4,7,10,12-15,20-22H2,1H3,(H,34,36). The molecule has 0 saturated carbocycles. The zero-order chi connectivity index (χ0) is 29.8. The molecule has 14 nitrogen and oxygen atoms in total. The normalized spacial score (nSPS) is 16.5. The van der Waals surface area contributed by atoms with Gasteiger partial charge in [-0.1, -0.05) is 6.92 Å². The first-order chi connectivity index (χ1) is 21.0. The lowest BCUT2D eigenvalue weighted by Crippen LogP contribution is -2.63. The monoisotopic (exact) mass is 581 g/mol. The van der Waals surface area contributed by atoms with Crippen LogP contribution in [-0.2, 0) is 23.3 Å². The summed E-state index contributed by atoms with van der Waals surface area (Å²) in [6, 6.07) is 8.48. The van der Waals surface area contributed by atoms with Crippen molar-refractivity contribution in [1.29, 1.82) is 10.5 Å². The number of carbonyl (C=O) groups is 1. The number of aromatic nitrogens is 7. The van der Waals surface area contributed by atoms with Crippen molar-refractivity contribution in [1.82, 2.24) is 44.0 Å². The molecule has 0 spiro atoms. The van der Waals surface area contributed by atoms with Crippen molar-refractivity contribution >= 4 is 28.9 Å². The van der Waals surface area contributed by atoms with Crippen LogP contribution in [0.15, 0.2) is 43.1 Å². The van der Waals surface area contributed by atoms with Crippen molar-refractivity contribution in [2.75, 3.05) is 56.0 Å². The first kappa shape index (κ1) is 28.2. The second kappa shape index (κ2) is 12.1. The Bertz CT molecular complexity index is 1660. The molecular formula is C29H35N13O. The number of hydrogen-bond donors (Lipinski definition) is 1. The van der Waals surface area contributed by atoms with Gasteiger partial charge in [-0.2, -0.15) is 25.7 Å². The molecule has 0 atom stereocenters. The lowest BCUT2D eigenvalue weighted by atomic mass is 9.86. The maximum atomic E-state index is 12.9. The average Bonchev–Trinajstić information content (AvgIpc) is 3.75. The molecule has 2 fully saturated rings. The maximum absolute atomic E-state index is 12.9. The van der Waals surface area contributed by atoms with Crippen LogP contribution < -0.4 is 10.2 Å². The van der Waals surface area contributed by atoms with Gasteiger partial charge in [0.1, 0.15) is 12.1 Å². The molecule has 4 aromatic rings. The summed E-state index contributed by atoms with van der Waals surface area (Å²) < 4.78 is 5.31. The van der Waals surface area contributed by atoms with Gasteiger partial charge in [0.2, 0.25) is 11.9 Å². The van der Waals surface area contributed by atoms with Gasteiger partial charge in [-0.3, -0.25) is 19.1 Å². The number of amides is 1. The molecule has 0 radical (unpaired) electrons. The predicted molar refractivity (Wildman–Crippen MR) is 158 cm³/mol. The van der Waals surface area contributed by atoms with E-state index in [1.54, 1.807) is 21.6 Å². The van der Waals surface area contributed by atoms with Gasteiger partial charge in [-0.15, -0.1) is 5.10 Å². The zero-order valence-electron chi connectivity index (χ0n) is 24.3. The zero-order valence-corrected chi connectivity index (χ0v) is 24.3. The highest BCUT2D eigenvalue weighted by molar-refractivity contribution is 5.76. The van der Waals surface area contributed by atoms with Crippen molar-refractivity contribution in [2.24, 2.45) is 0 Å². The predicted octanol–water partition coefficient (Wildman–Crippen LogP) is 2.01. The van der Waals surface area contributed by atoms with Gasteiger partial charge in [0, 0.05) is 64.3 Å². The summed E-state index contributed by atoms with van der Waals surface area (Å²) in [4.78, 5) is 24.0. The Kier molecular flexibility index (Phi) is 7.94. The van der Waals surface area contributed by atoms with Crippen LogP contribution in [0.3, 0.4) is 0 Å². The van der Waals surface area contributed by atoms with Gasteiger partial charge in [0.25, 0.3) is 0 Å². The molecule has 6 rings (SSSR count). The first-order valence-electron chi connectivity index (χ1n) is 14.7. The Labute approximate surface area is 249 Å². The van der Waals surface area contributed by atoms with Crippen LogP contribution in [0.5, 0.6) is 0 Å². The van der Waals surface area contributed by atoms with Gasteiger partial charge in [-0.05, 0) is 37.1 Å². The Morgan fingerprint density at radius 1 is 1.09 bits per heavy atom. The van der Waals surface area contributed by atoms with Crippen molar-refractivity contribution in [3.05, 3.63) is 48.7 Å². The molecule has 2 saturated heterocycles. The van der Waals surface area contributed by atoms with E-state index in [4.69, 9.17) is 10.2 Å². The van der Waals surface area contributed by atoms with E-state index in [1.807, 2.05) is 40.3 Å². The first-order valence-corrected chi connectivity index (χ1v) is 14.7. The van der Waals surface area contributed by atoms with Gasteiger partial charge in [0.05, 0.1) is 42.3 Å². The van der Waals surface area contributed by atoms with E-state index in [9.17, 15) is 10.1 Å². The SMILES string of the molecule is CCc1cnn(C2(CC#N)CN(c3cccn4nc(Nc5cnn(CC(=O)N6CCN(CCCC#N)CC6)c5)nc34)C2)c1. The van der Waals surface area contributed by atoms with E-state index in [2.05, 4.69) is 49.5 Å². The highest BCUT2D eigenvalue weighted by Crippen LogP contribution is 2.37. The molecule has 43 heavy (non-hydrogen) atoms. The summed E-state index contributed by atoms with van der Waals surface area (Å²) in [5.74, 6) is 0.458. The number of nitriles is 2. The van der Waals surface area contributed by atoms with E-state index >= 15 is 0 Å². The summed E-state index contributed by atoms with van der Waals surface area (Å²) >= 11 is 0. The van der Waals surface area contributed by atoms with Crippen molar-refractivity contribution in [3.63, 3.8) is 0 Å². The molecule has 0 unspecified atom stereocenters. The fraction of sp³-hybridized carbons (Fsp3) is 0.483. The number of unbranched alkanes of at least 4 members (excludes halogenated alkanes) is 1. The topological polar surface area (TPSA) is 152 Å². The third kappa shape index (κ3) is 5.87. The molecule has 4 aromatic heterocycles. The molecule has 2 aliphatic heterocycles. The number of anilines is 3. The molecule has 0 bridgehead atoms. The minimum atomic E-state index is -0.367. The van der Waals surface area contributed by atoms with Gasteiger partial charge < -0.3 is 15.1 Å². The number of nitrogens with zero attached hydrogens (tertiary/aromatic N) is 12. The summed E-state index contributed by atoms with van der Waals surface area (Å²) in [6.07, 6.45) is 11.9. The molecular weight excluding hydrogens is 546 g/mol. The Hall–Kier alpha value is -4.95. The number of pyridine rings is 1. The number of aryl methyl sites for hydroxylation is 1. The number of hydrogen-bond acceptors (Lipinski definition) is 10. The number of nitrogens with one attached hydrogen (secondary N) is 1. The quantitative estimate of drug-likeness (QED) is 0.260. The fourth-order valence-electron chi connectivity index (χ4n) is 5.80. The average molecular weight is 582 g/mol. The number of rotatable bonds is 11. The lowest BCUT2D eigenvalue weighted by Gasteiger charge is -2.50. The van der Waals surface area contributed by atoms with E-state index < -0.39 is 0 Å². The van der Waals surface area contributed by atoms with Gasteiger partial charge >= 0.3 is 0 Å². The minimum Gasteiger partial charge on any atom is -0.363 e.